The molecule has 9 rings (SSSR count). The molecule has 1 amide bonds. The van der Waals surface area contributed by atoms with Crippen LogP contribution in [0, 0.1) is 23.5 Å². The summed E-state index contributed by atoms with van der Waals surface area (Å²) >= 11 is 6.82. The van der Waals surface area contributed by atoms with Crippen LogP contribution < -0.4 is 10.6 Å². The van der Waals surface area contributed by atoms with Gasteiger partial charge in [0.15, 0.2) is 21.3 Å². The number of pyridine rings is 1. The maximum Gasteiger partial charge on any atom is 0.435 e. The van der Waals surface area contributed by atoms with Crippen molar-refractivity contribution in [1.29, 1.82) is 0 Å². The molecule has 3 N–H and O–H groups in total. The molecular weight excluding hydrogens is 947 g/mol. The SMILES string of the molecule is CC1C2c3c(C(F)(F)F)nn(CC(=O)NC(Cc4cc(F)cc(F)c4)c4nc(CCC(C)(C)S(=O)(=O)C5CC5)ccc4-c4ccc(Cl)c5c(Nc6nnc(C(C)(C)O)o6)nn(C)c45)c3C(F)(F)C12. The van der Waals surface area contributed by atoms with E-state index in [-0.39, 0.29) is 53.3 Å². The van der Waals surface area contributed by atoms with Gasteiger partial charge in [-0.05, 0) is 95.5 Å². The molecule has 14 nitrogen and oxygen atoms in total. The third-order valence-electron chi connectivity index (χ3n) is 13.1. The number of aromatic nitrogens is 7. The second kappa shape index (κ2) is 16.2. The summed E-state index contributed by atoms with van der Waals surface area (Å²) in [5.74, 6) is -9.92. The molecular formula is C45H45ClF7N9O5S. The van der Waals surface area contributed by atoms with Crippen molar-refractivity contribution in [3.63, 3.8) is 0 Å². The molecule has 362 valence electrons. The van der Waals surface area contributed by atoms with Crippen molar-refractivity contribution in [1.82, 2.24) is 40.1 Å². The molecule has 2 fully saturated rings. The monoisotopic (exact) mass is 991 g/mol. The topological polar surface area (TPSA) is 183 Å². The van der Waals surface area contributed by atoms with Crippen LogP contribution in [0.25, 0.3) is 22.0 Å². The molecule has 0 radical (unpaired) electrons. The number of sulfone groups is 1. The van der Waals surface area contributed by atoms with Crippen LogP contribution in [0.3, 0.4) is 0 Å². The van der Waals surface area contributed by atoms with Gasteiger partial charge in [-0.1, -0.05) is 35.8 Å². The highest BCUT2D eigenvalue weighted by molar-refractivity contribution is 7.93. The number of carbonyl (C=O) groups is 1. The summed E-state index contributed by atoms with van der Waals surface area (Å²) in [6.07, 6.45) is -4.16. The Balaban J connectivity index is 1.16. The van der Waals surface area contributed by atoms with Gasteiger partial charge < -0.3 is 14.8 Å². The maximum absolute atomic E-state index is 15.8. The first kappa shape index (κ1) is 47.5. The Hall–Kier alpha value is -5.61. The van der Waals surface area contributed by atoms with Crippen LogP contribution in [0.2, 0.25) is 5.02 Å². The lowest BCUT2D eigenvalue weighted by Gasteiger charge is -2.26. The fraction of sp³-hybridized carbons (Fsp3) is 0.467. The third-order valence-corrected chi connectivity index (χ3v) is 16.5. The molecule has 23 heteroatoms. The smallest absolute Gasteiger partial charge is 0.405 e. The van der Waals surface area contributed by atoms with E-state index in [0.29, 0.717) is 51.3 Å². The minimum atomic E-state index is -5.11. The quantitative estimate of drug-likeness (QED) is 0.0835. The highest BCUT2D eigenvalue weighted by atomic mass is 35.5. The highest BCUT2D eigenvalue weighted by Crippen LogP contribution is 2.71. The van der Waals surface area contributed by atoms with Crippen LogP contribution in [-0.4, -0.2) is 64.2 Å². The number of hydrogen-bond donors (Lipinski definition) is 3. The Morgan fingerprint density at radius 3 is 2.32 bits per heavy atom. The van der Waals surface area contributed by atoms with Gasteiger partial charge >= 0.3 is 12.2 Å². The lowest BCUT2D eigenvalue weighted by atomic mass is 9.93. The first-order valence-electron chi connectivity index (χ1n) is 21.7. The highest BCUT2D eigenvalue weighted by Gasteiger charge is 2.72. The number of carbonyl (C=O) groups excluding carboxylic acids is 1. The molecule has 68 heavy (non-hydrogen) atoms. The number of nitrogens with one attached hydrogen (secondary N) is 2. The predicted molar refractivity (Wildman–Crippen MR) is 234 cm³/mol. The van der Waals surface area contributed by atoms with Crippen LogP contribution in [0.5, 0.6) is 0 Å². The number of halogens is 8. The summed E-state index contributed by atoms with van der Waals surface area (Å²) in [6, 6.07) is 7.61. The van der Waals surface area contributed by atoms with Crippen molar-refractivity contribution in [3.05, 3.63) is 98.9 Å². The summed E-state index contributed by atoms with van der Waals surface area (Å²) in [7, 11) is -1.94. The Morgan fingerprint density at radius 2 is 1.69 bits per heavy atom. The van der Waals surface area contributed by atoms with Crippen molar-refractivity contribution in [2.45, 2.75) is 113 Å². The Bertz CT molecular complexity index is 3100. The van der Waals surface area contributed by atoms with Gasteiger partial charge in [-0.2, -0.15) is 32.1 Å². The Labute approximate surface area is 389 Å². The molecule has 2 saturated carbocycles. The Kier molecular flexibility index (Phi) is 11.3. The molecule has 2 aromatic carbocycles. The van der Waals surface area contributed by atoms with E-state index in [2.05, 4.69) is 31.0 Å². The maximum atomic E-state index is 15.8. The lowest BCUT2D eigenvalue weighted by Crippen LogP contribution is -2.36. The molecule has 4 unspecified atom stereocenters. The van der Waals surface area contributed by atoms with Crippen molar-refractivity contribution in [3.8, 4) is 11.1 Å². The number of aliphatic hydroxyl groups is 1. The van der Waals surface area contributed by atoms with Gasteiger partial charge in [-0.25, -0.2) is 17.2 Å². The Morgan fingerprint density at radius 1 is 1.01 bits per heavy atom. The molecule has 0 saturated heterocycles. The summed E-state index contributed by atoms with van der Waals surface area (Å²) in [5.41, 5.74) is -3.15. The summed E-state index contributed by atoms with van der Waals surface area (Å²) in [6.45, 7) is 6.49. The number of alkyl halides is 5. The van der Waals surface area contributed by atoms with Gasteiger partial charge in [0.1, 0.15) is 29.5 Å². The van der Waals surface area contributed by atoms with Crippen LogP contribution in [0.1, 0.15) is 106 Å². The van der Waals surface area contributed by atoms with Crippen LogP contribution in [0.15, 0.2) is 46.9 Å². The van der Waals surface area contributed by atoms with Crippen molar-refractivity contribution in [2.75, 3.05) is 5.32 Å². The number of aryl methyl sites for hydroxylation is 2. The number of hydrogen-bond acceptors (Lipinski definition) is 11. The van der Waals surface area contributed by atoms with Crippen molar-refractivity contribution in [2.24, 2.45) is 18.9 Å². The molecule has 4 atom stereocenters. The molecule has 0 aliphatic heterocycles. The van der Waals surface area contributed by atoms with E-state index in [1.807, 2.05) is 0 Å². The predicted octanol–water partition coefficient (Wildman–Crippen LogP) is 8.98. The standard InChI is InChI=1S/C45H45ClF7N9O5S/c1-20-31-33-37(45(51,52)53)59-62(38(33)44(49,50)34(20)31)19-30(63)55-29(17-21-15-22(47)18-23(48)16-21)35-26(10-7-24(54-35)13-14-42(2,3)68(65,66)25-8-9-25)27-11-12-28(46)32-36(27)61(6)60-39(32)56-41-58-57-40(67-41)43(4,5)64/h7,10-12,15-16,18,20,25,29,31,34,64H,8-9,13-14,17,19H2,1-6H3,(H,55,63)(H,56,58,60). The van der Waals surface area contributed by atoms with Crippen molar-refractivity contribution < 1.29 is 53.5 Å². The van der Waals surface area contributed by atoms with E-state index in [1.165, 1.54) is 25.5 Å². The van der Waals surface area contributed by atoms with Crippen LogP contribution in [0.4, 0.5) is 42.6 Å². The normalized spacial score (nSPS) is 19.5. The summed E-state index contributed by atoms with van der Waals surface area (Å²) < 4.78 is 137. The molecule has 4 aromatic heterocycles. The molecule has 4 heterocycles. The first-order chi connectivity index (χ1) is 31.7. The van der Waals surface area contributed by atoms with Crippen molar-refractivity contribution >= 4 is 50.1 Å². The zero-order chi connectivity index (χ0) is 49.2. The number of rotatable bonds is 15. The summed E-state index contributed by atoms with van der Waals surface area (Å²) in [4.78, 5) is 19.2. The van der Waals surface area contributed by atoms with E-state index in [9.17, 15) is 40.3 Å². The van der Waals surface area contributed by atoms with E-state index >= 15 is 8.78 Å². The largest absolute Gasteiger partial charge is 0.435 e. The minimum absolute atomic E-state index is 0.0146. The van der Waals surface area contributed by atoms with Gasteiger partial charge in [-0.15, -0.1) is 5.10 Å². The third kappa shape index (κ3) is 8.38. The number of anilines is 2. The average molecular weight is 992 g/mol. The zero-order valence-corrected chi connectivity index (χ0v) is 38.9. The molecule has 0 bridgehead atoms. The second-order valence-corrected chi connectivity index (χ2v) is 22.3. The number of benzene rings is 2. The van der Waals surface area contributed by atoms with Gasteiger partial charge in [0.25, 0.3) is 5.92 Å². The van der Waals surface area contributed by atoms with Gasteiger partial charge in [-0.3, -0.25) is 24.5 Å². The zero-order valence-electron chi connectivity index (χ0n) is 37.3. The van der Waals surface area contributed by atoms with E-state index < -0.39 is 102 Å². The fourth-order valence-electron chi connectivity index (χ4n) is 9.50. The van der Waals surface area contributed by atoms with Gasteiger partial charge in [0, 0.05) is 47.3 Å². The van der Waals surface area contributed by atoms with E-state index in [0.717, 1.165) is 12.1 Å². The molecule has 3 aliphatic carbocycles. The second-order valence-electron chi connectivity index (χ2n) is 19.0. The number of nitrogens with zero attached hydrogens (tertiary/aromatic N) is 7. The minimum Gasteiger partial charge on any atom is -0.405 e. The van der Waals surface area contributed by atoms with Gasteiger partial charge in [0.2, 0.25) is 11.8 Å². The fourth-order valence-corrected chi connectivity index (χ4v) is 11.8. The average Bonchev–Trinajstić information content (AvgIpc) is 4.01. The summed E-state index contributed by atoms with van der Waals surface area (Å²) in [5, 5.41) is 32.0. The van der Waals surface area contributed by atoms with Crippen LogP contribution >= 0.6 is 11.6 Å². The van der Waals surface area contributed by atoms with Crippen LogP contribution in [-0.2, 0) is 58.8 Å². The molecule has 0 spiro atoms. The molecule has 3 aliphatic rings. The van der Waals surface area contributed by atoms with Gasteiger partial charge in [0.05, 0.1) is 37.7 Å². The van der Waals surface area contributed by atoms with E-state index in [4.69, 9.17) is 21.0 Å². The first-order valence-corrected chi connectivity index (χ1v) is 23.6. The van der Waals surface area contributed by atoms with E-state index in [1.54, 1.807) is 45.2 Å². The molecule has 6 aromatic rings. The number of fused-ring (bicyclic) bond motifs is 4. The number of amides is 1. The lowest BCUT2D eigenvalue weighted by molar-refractivity contribution is -0.142.